The second-order valence-corrected chi connectivity index (χ2v) is 13.3. The van der Waals surface area contributed by atoms with Crippen LogP contribution < -0.4 is 10.1 Å². The Morgan fingerprint density at radius 2 is 2.02 bits per heavy atom. The number of nitrogens with one attached hydrogen (secondary N) is 1. The second kappa shape index (κ2) is 11.0. The Hall–Kier alpha value is -3.67. The van der Waals surface area contributed by atoms with E-state index in [0.29, 0.717) is 23.4 Å². The maximum atomic E-state index is 16.8. The van der Waals surface area contributed by atoms with Crippen molar-refractivity contribution in [1.82, 2.24) is 34.6 Å². The molecule has 3 aliphatic heterocycles. The number of hydrogen-bond donors (Lipinski definition) is 1. The Kier molecular flexibility index (Phi) is 6.99. The molecule has 0 spiro atoms. The summed E-state index contributed by atoms with van der Waals surface area (Å²) >= 11 is 1.52. The molecular weight excluding hydrogens is 577 g/mol. The summed E-state index contributed by atoms with van der Waals surface area (Å²) in [5.41, 5.74) is 5.60. The van der Waals surface area contributed by atoms with E-state index < -0.39 is 5.82 Å². The van der Waals surface area contributed by atoms with Gasteiger partial charge in [0.05, 0.1) is 32.7 Å². The number of carbonyl (C=O) groups is 1. The molecule has 228 valence electrons. The highest BCUT2D eigenvalue weighted by Crippen LogP contribution is 2.44. The third-order valence-corrected chi connectivity index (χ3v) is 10.7. The number of ether oxygens (including phenoxy) is 1. The lowest BCUT2D eigenvalue weighted by Gasteiger charge is -2.27. The van der Waals surface area contributed by atoms with Gasteiger partial charge >= 0.3 is 0 Å². The van der Waals surface area contributed by atoms with Gasteiger partial charge in [0.1, 0.15) is 17.8 Å². The zero-order valence-electron chi connectivity index (χ0n) is 25.1. The van der Waals surface area contributed by atoms with E-state index in [1.165, 1.54) is 11.3 Å². The van der Waals surface area contributed by atoms with Gasteiger partial charge < -0.3 is 24.4 Å². The normalized spacial score (nSPS) is 22.7. The number of likely N-dealkylation sites (tertiary alicyclic amines) is 2. The highest BCUT2D eigenvalue weighted by molar-refractivity contribution is 7.16. The quantitative estimate of drug-likeness (QED) is 0.263. The minimum atomic E-state index is -0.474. The molecule has 1 N–H and O–H groups in total. The summed E-state index contributed by atoms with van der Waals surface area (Å²) in [4.78, 5) is 31.2. The van der Waals surface area contributed by atoms with Crippen LogP contribution in [-0.4, -0.2) is 81.1 Å². The van der Waals surface area contributed by atoms with Crippen molar-refractivity contribution in [3.8, 4) is 17.1 Å². The molecule has 4 aromatic heterocycles. The summed E-state index contributed by atoms with van der Waals surface area (Å²) in [6.07, 6.45) is 6.74. The molecule has 3 atom stereocenters. The lowest BCUT2D eigenvalue weighted by atomic mass is 10.1. The van der Waals surface area contributed by atoms with Crippen molar-refractivity contribution in [3.63, 3.8) is 0 Å². The molecule has 9 nitrogen and oxygen atoms in total. The maximum absolute atomic E-state index is 16.8. The van der Waals surface area contributed by atoms with Crippen LogP contribution in [0.4, 0.5) is 4.39 Å². The molecule has 11 heteroatoms. The van der Waals surface area contributed by atoms with E-state index in [0.717, 1.165) is 85.1 Å². The number of hydrogen-bond acceptors (Lipinski definition) is 8. The van der Waals surface area contributed by atoms with E-state index in [1.807, 2.05) is 23.1 Å². The number of nitrogens with zero attached hydrogens (tertiary/aromatic N) is 6. The molecule has 0 aliphatic carbocycles. The summed E-state index contributed by atoms with van der Waals surface area (Å²) in [5.74, 6) is 0.0398. The van der Waals surface area contributed by atoms with Gasteiger partial charge in [0, 0.05) is 54.9 Å². The van der Waals surface area contributed by atoms with E-state index in [2.05, 4.69) is 32.9 Å². The monoisotopic (exact) mass is 613 g/mol. The van der Waals surface area contributed by atoms with Gasteiger partial charge in [0.25, 0.3) is 0 Å². The van der Waals surface area contributed by atoms with Gasteiger partial charge in [-0.25, -0.2) is 14.4 Å². The van der Waals surface area contributed by atoms with Gasteiger partial charge in [-0.1, -0.05) is 12.1 Å². The SMILES string of the molecule is CC(=O)N1CCCC1c1cc2c(OCC3CCCN3C)nc3c(F)c(-c4cccc5scnc45)ncc3c2n1C1CCNC1. The second-order valence-electron chi connectivity index (χ2n) is 12.4. The molecule has 0 saturated carbocycles. The van der Waals surface area contributed by atoms with Crippen molar-refractivity contribution in [2.75, 3.05) is 39.8 Å². The number of amides is 1. The number of likely N-dealkylation sites (N-methyl/N-ethyl adjacent to an activating group) is 1. The first-order valence-electron chi connectivity index (χ1n) is 15.7. The number of aromatic nitrogens is 4. The van der Waals surface area contributed by atoms with E-state index in [-0.39, 0.29) is 35.2 Å². The van der Waals surface area contributed by atoms with Gasteiger partial charge in [-0.2, -0.15) is 0 Å². The fourth-order valence-electron chi connectivity index (χ4n) is 7.61. The van der Waals surface area contributed by atoms with Gasteiger partial charge in [0.15, 0.2) is 5.82 Å². The average molecular weight is 614 g/mol. The summed E-state index contributed by atoms with van der Waals surface area (Å²) < 4.78 is 26.7. The van der Waals surface area contributed by atoms with Crippen molar-refractivity contribution in [1.29, 1.82) is 0 Å². The van der Waals surface area contributed by atoms with Crippen LogP contribution in [0.5, 0.6) is 5.88 Å². The van der Waals surface area contributed by atoms with E-state index in [1.54, 1.807) is 18.6 Å². The van der Waals surface area contributed by atoms with Crippen LogP contribution in [0.15, 0.2) is 36.0 Å². The van der Waals surface area contributed by atoms with Crippen LogP contribution in [0.2, 0.25) is 0 Å². The van der Waals surface area contributed by atoms with E-state index >= 15 is 4.39 Å². The molecule has 1 aromatic carbocycles. The maximum Gasteiger partial charge on any atom is 0.223 e. The van der Waals surface area contributed by atoms with Crippen LogP contribution in [0.25, 0.3) is 43.3 Å². The molecule has 5 aromatic rings. The summed E-state index contributed by atoms with van der Waals surface area (Å²) in [6.45, 7) is 5.61. The van der Waals surface area contributed by atoms with Crippen molar-refractivity contribution >= 4 is 49.3 Å². The minimum absolute atomic E-state index is 0.0521. The van der Waals surface area contributed by atoms with Crippen molar-refractivity contribution in [3.05, 3.63) is 47.5 Å². The first-order valence-corrected chi connectivity index (χ1v) is 16.5. The number of fused-ring (bicyclic) bond motifs is 4. The molecule has 44 heavy (non-hydrogen) atoms. The van der Waals surface area contributed by atoms with E-state index in [9.17, 15) is 4.79 Å². The molecule has 3 fully saturated rings. The lowest BCUT2D eigenvalue weighted by Crippen LogP contribution is -2.30. The Labute approximate surface area is 259 Å². The summed E-state index contributed by atoms with van der Waals surface area (Å²) in [6, 6.07) is 8.31. The van der Waals surface area contributed by atoms with Crippen molar-refractivity contribution in [2.45, 2.75) is 57.2 Å². The summed E-state index contributed by atoms with van der Waals surface area (Å²) in [5, 5.41) is 5.02. The molecule has 0 radical (unpaired) electrons. The predicted octanol–water partition coefficient (Wildman–Crippen LogP) is 5.69. The number of rotatable bonds is 6. The lowest BCUT2D eigenvalue weighted by molar-refractivity contribution is -0.129. The molecule has 1 amide bonds. The molecule has 3 saturated heterocycles. The zero-order valence-corrected chi connectivity index (χ0v) is 25.9. The van der Waals surface area contributed by atoms with Crippen LogP contribution >= 0.6 is 11.3 Å². The molecular formula is C33H36FN7O2S. The largest absolute Gasteiger partial charge is 0.476 e. The van der Waals surface area contributed by atoms with Gasteiger partial charge in [-0.05, 0) is 64.4 Å². The molecule has 8 rings (SSSR count). The molecule has 0 bridgehead atoms. The smallest absolute Gasteiger partial charge is 0.223 e. The average Bonchev–Trinajstić information content (AvgIpc) is 3.85. The number of halogens is 1. The fourth-order valence-corrected chi connectivity index (χ4v) is 8.31. The van der Waals surface area contributed by atoms with Crippen LogP contribution in [-0.2, 0) is 4.79 Å². The fraction of sp³-hybridized carbons (Fsp3) is 0.455. The first-order chi connectivity index (χ1) is 21.5. The van der Waals surface area contributed by atoms with Gasteiger partial charge in [0.2, 0.25) is 11.8 Å². The van der Waals surface area contributed by atoms with Gasteiger partial charge in [-0.15, -0.1) is 11.3 Å². The third-order valence-electron chi connectivity index (χ3n) is 9.86. The van der Waals surface area contributed by atoms with Crippen molar-refractivity contribution in [2.24, 2.45) is 0 Å². The Balaban J connectivity index is 1.38. The standard InChI is InChI=1S/C33H36FN7O2S/c1-19(42)40-13-5-8-25(40)26-14-23-32(41(26)20-10-11-35-15-20)24-16-36-30(22-7-3-9-27-29(22)37-18-44-27)28(34)31(24)38-33(23)43-17-21-6-4-12-39(21)2/h3,7,9,14,16,18,20-21,25,35H,4-6,8,10-13,15,17H2,1-2H3. The first kappa shape index (κ1) is 27.8. The highest BCUT2D eigenvalue weighted by atomic mass is 32.1. The zero-order chi connectivity index (χ0) is 29.9. The summed E-state index contributed by atoms with van der Waals surface area (Å²) in [7, 11) is 2.12. The van der Waals surface area contributed by atoms with Crippen LogP contribution in [0.1, 0.15) is 56.8 Å². The number of para-hydroxylation sites is 1. The number of thiazole rings is 1. The molecule has 3 aliphatic rings. The Morgan fingerprint density at radius 3 is 2.82 bits per heavy atom. The molecule has 7 heterocycles. The topological polar surface area (TPSA) is 88.4 Å². The van der Waals surface area contributed by atoms with Crippen LogP contribution in [0.3, 0.4) is 0 Å². The number of pyridine rings is 2. The number of benzene rings is 1. The number of carbonyl (C=O) groups excluding carboxylic acids is 1. The Bertz CT molecular complexity index is 1900. The predicted molar refractivity (Wildman–Crippen MR) is 171 cm³/mol. The van der Waals surface area contributed by atoms with E-state index in [4.69, 9.17) is 14.7 Å². The minimum Gasteiger partial charge on any atom is -0.476 e. The molecule has 3 unspecified atom stereocenters. The third kappa shape index (κ3) is 4.47. The highest BCUT2D eigenvalue weighted by Gasteiger charge is 2.35. The van der Waals surface area contributed by atoms with Gasteiger partial charge in [-0.3, -0.25) is 9.78 Å². The van der Waals surface area contributed by atoms with Crippen molar-refractivity contribution < 1.29 is 13.9 Å². The van der Waals surface area contributed by atoms with Crippen LogP contribution in [0, 0.1) is 5.82 Å². The Morgan fingerprint density at radius 1 is 1.14 bits per heavy atom.